The molecule has 7 aromatic carbocycles. The first kappa shape index (κ1) is 43.4. The lowest BCUT2D eigenvalue weighted by atomic mass is 9.86. The second kappa shape index (κ2) is 16.7. The summed E-state index contributed by atoms with van der Waals surface area (Å²) in [6.45, 7) is 20.3. The fourth-order valence-corrected chi connectivity index (χ4v) is 9.06. The minimum Gasteiger partial charge on any atom is -0.458 e. The van der Waals surface area contributed by atoms with E-state index in [1.54, 1.807) is 0 Å². The molecular weight excluding hydrogens is 817 g/mol. The van der Waals surface area contributed by atoms with Gasteiger partial charge in [-0.05, 0) is 134 Å². The third-order valence-electron chi connectivity index (χ3n) is 12.8. The highest BCUT2D eigenvalue weighted by Gasteiger charge is 2.25. The fraction of sp³-hybridized carbons (Fsp3) is 0.194. The summed E-state index contributed by atoms with van der Waals surface area (Å²) >= 11 is 0. The van der Waals surface area contributed by atoms with E-state index >= 15 is 0 Å². The molecule has 5 heteroatoms. The Morgan fingerprint density at radius 3 is 1.63 bits per heavy atom. The first-order valence-electron chi connectivity index (χ1n) is 23.3. The number of aromatic nitrogens is 4. The van der Waals surface area contributed by atoms with Crippen molar-refractivity contribution < 1.29 is 9.30 Å². The third-order valence-corrected chi connectivity index (χ3v) is 12.8. The van der Waals surface area contributed by atoms with Crippen LogP contribution in [-0.2, 0) is 16.2 Å². The zero-order valence-electron chi connectivity index (χ0n) is 40.1. The van der Waals surface area contributed by atoms with Crippen molar-refractivity contribution in [3.05, 3.63) is 211 Å². The molecule has 3 aromatic heterocycles. The van der Waals surface area contributed by atoms with Crippen LogP contribution < -0.4 is 9.30 Å². The first-order chi connectivity index (χ1) is 32.1. The van der Waals surface area contributed by atoms with Crippen molar-refractivity contribution in [1.29, 1.82) is 0 Å². The van der Waals surface area contributed by atoms with Crippen LogP contribution in [0.3, 0.4) is 0 Å². The van der Waals surface area contributed by atoms with Crippen molar-refractivity contribution in [2.24, 2.45) is 0 Å². The van der Waals surface area contributed by atoms with Gasteiger partial charge in [0.2, 0.25) is 0 Å². The van der Waals surface area contributed by atoms with Crippen molar-refractivity contribution in [3.63, 3.8) is 0 Å². The van der Waals surface area contributed by atoms with Gasteiger partial charge in [-0.1, -0.05) is 159 Å². The molecule has 0 bridgehead atoms. The molecule has 0 N–H and O–H groups in total. The van der Waals surface area contributed by atoms with Gasteiger partial charge >= 0.3 is 0 Å². The number of fused-ring (bicyclic) bond motifs is 3. The van der Waals surface area contributed by atoms with E-state index in [0.717, 1.165) is 73.1 Å². The fourth-order valence-electron chi connectivity index (χ4n) is 9.06. The van der Waals surface area contributed by atoms with Gasteiger partial charge in [-0.15, -0.1) is 0 Å². The van der Waals surface area contributed by atoms with Crippen LogP contribution in [0.4, 0.5) is 0 Å². The molecule has 332 valence electrons. The number of hydrogen-bond donors (Lipinski definition) is 0. The van der Waals surface area contributed by atoms with Gasteiger partial charge in [-0.2, -0.15) is 0 Å². The molecule has 3 heterocycles. The van der Waals surface area contributed by atoms with Crippen LogP contribution in [0, 0.1) is 6.33 Å². The molecule has 0 atom stereocenters. The summed E-state index contributed by atoms with van der Waals surface area (Å²) in [5, 5.41) is 2.35. The van der Waals surface area contributed by atoms with E-state index in [9.17, 15) is 0 Å². The third kappa shape index (κ3) is 8.70. The highest BCUT2D eigenvalue weighted by atomic mass is 16.5. The van der Waals surface area contributed by atoms with Crippen LogP contribution in [0.25, 0.3) is 72.4 Å². The molecule has 0 saturated heterocycles. The van der Waals surface area contributed by atoms with Gasteiger partial charge in [0, 0.05) is 29.2 Å². The van der Waals surface area contributed by atoms with Crippen molar-refractivity contribution in [1.82, 2.24) is 14.1 Å². The Labute approximate surface area is 395 Å². The lowest BCUT2D eigenvalue weighted by Gasteiger charge is -2.21. The van der Waals surface area contributed by atoms with Crippen molar-refractivity contribution >= 4 is 21.8 Å². The summed E-state index contributed by atoms with van der Waals surface area (Å²) < 4.78 is 13.7. The summed E-state index contributed by atoms with van der Waals surface area (Å²) in [6, 6.07) is 62.8. The second-order valence-electron chi connectivity index (χ2n) is 20.9. The van der Waals surface area contributed by atoms with Crippen molar-refractivity contribution in [2.75, 3.05) is 0 Å². The molecule has 67 heavy (non-hydrogen) atoms. The molecule has 0 unspecified atom stereocenters. The Kier molecular flexibility index (Phi) is 10.8. The Hall–Kier alpha value is -7.50. The summed E-state index contributed by atoms with van der Waals surface area (Å²) in [6.07, 6.45) is 7.97. The van der Waals surface area contributed by atoms with E-state index in [0.29, 0.717) is 0 Å². The van der Waals surface area contributed by atoms with Gasteiger partial charge in [0.05, 0.1) is 28.1 Å². The molecule has 10 rings (SSSR count). The molecule has 0 saturated carbocycles. The van der Waals surface area contributed by atoms with E-state index in [1.807, 2.05) is 6.20 Å². The molecule has 0 aliphatic rings. The van der Waals surface area contributed by atoms with Gasteiger partial charge in [0.1, 0.15) is 17.3 Å². The quantitative estimate of drug-likeness (QED) is 0.113. The number of benzene rings is 7. The summed E-state index contributed by atoms with van der Waals surface area (Å²) in [5.74, 6) is 2.35. The van der Waals surface area contributed by atoms with E-state index in [4.69, 9.17) is 9.72 Å². The molecule has 0 aliphatic heterocycles. The predicted octanol–water partition coefficient (Wildman–Crippen LogP) is 15.7. The number of nitrogens with zero attached hydrogens (tertiary/aromatic N) is 4. The van der Waals surface area contributed by atoms with E-state index in [-0.39, 0.29) is 16.2 Å². The largest absolute Gasteiger partial charge is 0.458 e. The Balaban J connectivity index is 1.12. The number of ether oxygens (including phenoxy) is 1. The Morgan fingerprint density at radius 1 is 0.463 bits per heavy atom. The van der Waals surface area contributed by atoms with Crippen LogP contribution in [0.5, 0.6) is 11.5 Å². The van der Waals surface area contributed by atoms with Gasteiger partial charge in [0.25, 0.3) is 6.33 Å². The van der Waals surface area contributed by atoms with E-state index in [1.165, 1.54) is 27.6 Å². The van der Waals surface area contributed by atoms with Crippen LogP contribution in [0.1, 0.15) is 79.1 Å². The van der Waals surface area contributed by atoms with Crippen molar-refractivity contribution in [3.8, 4) is 62.1 Å². The average Bonchev–Trinajstić information content (AvgIpc) is 3.92. The summed E-state index contributed by atoms with van der Waals surface area (Å²) in [7, 11) is 0. The van der Waals surface area contributed by atoms with Gasteiger partial charge < -0.3 is 4.74 Å². The van der Waals surface area contributed by atoms with E-state index in [2.05, 4.69) is 264 Å². The molecular formula is C62H58N4O. The minimum absolute atomic E-state index is 0.00108. The lowest BCUT2D eigenvalue weighted by Crippen LogP contribution is -2.38. The minimum atomic E-state index is -0.212. The maximum Gasteiger partial charge on any atom is 0.269 e. The van der Waals surface area contributed by atoms with Crippen LogP contribution in [-0.4, -0.2) is 14.1 Å². The summed E-state index contributed by atoms with van der Waals surface area (Å²) in [5.41, 5.74) is 14.3. The number of pyridine rings is 1. The Morgan fingerprint density at radius 2 is 1.04 bits per heavy atom. The summed E-state index contributed by atoms with van der Waals surface area (Å²) in [4.78, 5) is 4.97. The zero-order chi connectivity index (χ0) is 46.7. The SMILES string of the molecule is CC(C)(C)c1ccnc(-n2c3ccc(C(C)(C)C)cc3c3ccc(Oc4cc(-c5ccccc5)cc(-n5[c-][n+](-c6cc(-c7ccccc7)cc(-c7ccccc7)c6)c(C(C)(C)C)c5)c4)cc32)c1. The molecule has 0 amide bonds. The molecule has 0 spiro atoms. The number of hydrogen-bond acceptors (Lipinski definition) is 2. The standard InChI is InChI=1S/C62H58N4O/c1-60(2,3)48-25-28-56-55(36-48)54-27-26-52(39-57(54)66(56)59-37-49(29-30-63-59)61(4,5)6)67-53-35-47(44-23-17-12-18-24-44)32-50(38-53)64-40-58(62(7,8)9)65(41-64)51-33-45(42-19-13-10-14-20-42)31-46(34-51)43-21-15-11-16-22-43/h10-40H,1-9H3. The molecule has 0 radical (unpaired) electrons. The smallest absolute Gasteiger partial charge is 0.269 e. The topological polar surface area (TPSA) is 35.9 Å². The van der Waals surface area contributed by atoms with Gasteiger partial charge in [-0.25, -0.2) is 4.98 Å². The predicted molar refractivity (Wildman–Crippen MR) is 277 cm³/mol. The molecule has 0 aliphatic carbocycles. The molecule has 0 fully saturated rings. The Bertz CT molecular complexity index is 3360. The van der Waals surface area contributed by atoms with Crippen LogP contribution >= 0.6 is 0 Å². The zero-order valence-corrected chi connectivity index (χ0v) is 40.1. The van der Waals surface area contributed by atoms with Crippen LogP contribution in [0.15, 0.2) is 188 Å². The highest BCUT2D eigenvalue weighted by Crippen LogP contribution is 2.39. The maximum absolute atomic E-state index is 7.00. The molecule has 10 aromatic rings. The average molecular weight is 875 g/mol. The second-order valence-corrected chi connectivity index (χ2v) is 20.9. The van der Waals surface area contributed by atoms with Crippen molar-refractivity contribution in [2.45, 2.75) is 78.6 Å². The van der Waals surface area contributed by atoms with Gasteiger partial charge in [0.15, 0.2) is 0 Å². The number of rotatable bonds is 8. The van der Waals surface area contributed by atoms with Gasteiger partial charge in [-0.3, -0.25) is 13.7 Å². The monoisotopic (exact) mass is 874 g/mol. The normalized spacial score (nSPS) is 12.3. The number of imidazole rings is 1. The lowest BCUT2D eigenvalue weighted by molar-refractivity contribution is -0.611. The highest BCUT2D eigenvalue weighted by molar-refractivity contribution is 6.09. The van der Waals surface area contributed by atoms with E-state index < -0.39 is 0 Å². The molecule has 5 nitrogen and oxygen atoms in total. The van der Waals surface area contributed by atoms with Crippen LogP contribution in [0.2, 0.25) is 0 Å². The first-order valence-corrected chi connectivity index (χ1v) is 23.3. The maximum atomic E-state index is 7.00.